The molecule has 6 heteroatoms. The van der Waals surface area contributed by atoms with E-state index in [2.05, 4.69) is 20.5 Å². The highest BCUT2D eigenvalue weighted by atomic mass is 16.4. The molecule has 0 aliphatic carbocycles. The van der Waals surface area contributed by atoms with E-state index in [1.165, 1.54) is 0 Å². The van der Waals surface area contributed by atoms with Crippen LogP contribution in [0.25, 0.3) is 11.5 Å². The molecular weight excluding hydrogens is 268 g/mol. The third kappa shape index (κ3) is 3.17. The smallest absolute Gasteiger partial charge is 0.247 e. The lowest BCUT2D eigenvalue weighted by Gasteiger charge is -2.07. The standard InChI is InChI=1S/C15H16N4O2/c1-10-8-17-14(20-10)11(2)16-9-13-18-19-15(21-13)12-6-4-3-5-7-12/h3-8,11,16H,9H2,1-2H3. The summed E-state index contributed by atoms with van der Waals surface area (Å²) in [5.74, 6) is 2.49. The summed E-state index contributed by atoms with van der Waals surface area (Å²) in [6.45, 7) is 4.30. The van der Waals surface area contributed by atoms with E-state index in [1.807, 2.05) is 44.2 Å². The van der Waals surface area contributed by atoms with Gasteiger partial charge in [-0.15, -0.1) is 10.2 Å². The maximum absolute atomic E-state index is 5.63. The number of aromatic nitrogens is 3. The molecule has 0 amide bonds. The summed E-state index contributed by atoms with van der Waals surface area (Å²) in [6.07, 6.45) is 1.70. The van der Waals surface area contributed by atoms with E-state index < -0.39 is 0 Å². The first kappa shape index (κ1) is 13.5. The number of aryl methyl sites for hydroxylation is 1. The van der Waals surface area contributed by atoms with Crippen molar-refractivity contribution in [1.82, 2.24) is 20.5 Å². The quantitative estimate of drug-likeness (QED) is 0.776. The number of hydrogen-bond donors (Lipinski definition) is 1. The van der Waals surface area contributed by atoms with Gasteiger partial charge >= 0.3 is 0 Å². The largest absolute Gasteiger partial charge is 0.444 e. The molecule has 1 aromatic carbocycles. The van der Waals surface area contributed by atoms with Crippen molar-refractivity contribution in [1.29, 1.82) is 0 Å². The molecule has 1 atom stereocenters. The number of nitrogens with zero attached hydrogens (tertiary/aromatic N) is 3. The fraction of sp³-hybridized carbons (Fsp3) is 0.267. The van der Waals surface area contributed by atoms with Crippen LogP contribution in [0.2, 0.25) is 0 Å². The summed E-state index contributed by atoms with van der Waals surface area (Å²) in [4.78, 5) is 4.18. The second kappa shape index (κ2) is 5.88. The highest BCUT2D eigenvalue weighted by Gasteiger charge is 2.13. The average Bonchev–Trinajstić information content (AvgIpc) is 3.15. The molecule has 1 unspecified atom stereocenters. The van der Waals surface area contributed by atoms with Crippen LogP contribution < -0.4 is 5.32 Å². The third-order valence-electron chi connectivity index (χ3n) is 3.06. The Morgan fingerprint density at radius 2 is 1.95 bits per heavy atom. The van der Waals surface area contributed by atoms with Crippen LogP contribution in [-0.2, 0) is 6.54 Å². The first-order chi connectivity index (χ1) is 10.2. The van der Waals surface area contributed by atoms with Crippen LogP contribution in [0.4, 0.5) is 0 Å². The molecule has 0 fully saturated rings. The van der Waals surface area contributed by atoms with Gasteiger partial charge in [0.05, 0.1) is 18.8 Å². The Morgan fingerprint density at radius 3 is 2.67 bits per heavy atom. The van der Waals surface area contributed by atoms with Crippen LogP contribution in [0.5, 0.6) is 0 Å². The van der Waals surface area contributed by atoms with Gasteiger partial charge in [-0.1, -0.05) is 18.2 Å². The molecule has 2 aromatic heterocycles. The van der Waals surface area contributed by atoms with Crippen molar-refractivity contribution in [2.24, 2.45) is 0 Å². The fourth-order valence-corrected chi connectivity index (χ4v) is 1.92. The molecule has 0 aliphatic rings. The van der Waals surface area contributed by atoms with Gasteiger partial charge in [0.25, 0.3) is 0 Å². The van der Waals surface area contributed by atoms with Crippen molar-refractivity contribution in [3.63, 3.8) is 0 Å². The van der Waals surface area contributed by atoms with E-state index in [0.717, 1.165) is 11.3 Å². The summed E-state index contributed by atoms with van der Waals surface area (Å²) < 4.78 is 11.1. The van der Waals surface area contributed by atoms with E-state index in [9.17, 15) is 0 Å². The molecule has 0 saturated carbocycles. The molecule has 6 nitrogen and oxygen atoms in total. The molecule has 0 bridgehead atoms. The normalized spacial score (nSPS) is 12.5. The van der Waals surface area contributed by atoms with Crippen molar-refractivity contribution in [3.8, 4) is 11.5 Å². The topological polar surface area (TPSA) is 77.0 Å². The van der Waals surface area contributed by atoms with Crippen molar-refractivity contribution < 1.29 is 8.83 Å². The molecule has 0 saturated heterocycles. The fourth-order valence-electron chi connectivity index (χ4n) is 1.92. The summed E-state index contributed by atoms with van der Waals surface area (Å²) in [5, 5.41) is 11.3. The maximum Gasteiger partial charge on any atom is 0.247 e. The minimum atomic E-state index is -0.0224. The Hall–Kier alpha value is -2.47. The minimum Gasteiger partial charge on any atom is -0.444 e. The van der Waals surface area contributed by atoms with Gasteiger partial charge in [0.15, 0.2) is 0 Å². The van der Waals surface area contributed by atoms with E-state index in [4.69, 9.17) is 8.83 Å². The zero-order valence-corrected chi connectivity index (χ0v) is 11.9. The van der Waals surface area contributed by atoms with Crippen LogP contribution in [0.15, 0.2) is 45.4 Å². The van der Waals surface area contributed by atoms with Gasteiger partial charge in [0.1, 0.15) is 5.76 Å². The maximum atomic E-state index is 5.63. The monoisotopic (exact) mass is 284 g/mol. The van der Waals surface area contributed by atoms with Gasteiger partial charge in [0.2, 0.25) is 17.7 Å². The van der Waals surface area contributed by atoms with E-state index in [-0.39, 0.29) is 6.04 Å². The summed E-state index contributed by atoms with van der Waals surface area (Å²) in [6, 6.07) is 9.66. The second-order valence-corrected chi connectivity index (χ2v) is 4.78. The van der Waals surface area contributed by atoms with Crippen molar-refractivity contribution >= 4 is 0 Å². The minimum absolute atomic E-state index is 0.0224. The Morgan fingerprint density at radius 1 is 1.14 bits per heavy atom. The molecule has 0 aliphatic heterocycles. The lowest BCUT2D eigenvalue weighted by Crippen LogP contribution is -2.18. The molecule has 0 spiro atoms. The van der Waals surface area contributed by atoms with Gasteiger partial charge in [0, 0.05) is 5.56 Å². The van der Waals surface area contributed by atoms with Gasteiger partial charge in [-0.25, -0.2) is 4.98 Å². The molecule has 2 heterocycles. The molecule has 3 aromatic rings. The Balaban J connectivity index is 1.63. The Bertz CT molecular complexity index is 705. The van der Waals surface area contributed by atoms with Crippen LogP contribution in [0.3, 0.4) is 0 Å². The predicted molar refractivity (Wildman–Crippen MR) is 76.2 cm³/mol. The van der Waals surface area contributed by atoms with Crippen LogP contribution in [0, 0.1) is 6.92 Å². The van der Waals surface area contributed by atoms with Gasteiger partial charge in [-0.2, -0.15) is 0 Å². The third-order valence-corrected chi connectivity index (χ3v) is 3.06. The lowest BCUT2D eigenvalue weighted by atomic mass is 10.2. The van der Waals surface area contributed by atoms with E-state index in [0.29, 0.717) is 24.2 Å². The number of oxazole rings is 1. The van der Waals surface area contributed by atoms with Crippen molar-refractivity contribution in [3.05, 3.63) is 54.1 Å². The van der Waals surface area contributed by atoms with Gasteiger partial charge in [-0.05, 0) is 26.0 Å². The van der Waals surface area contributed by atoms with Crippen LogP contribution in [-0.4, -0.2) is 15.2 Å². The Labute approximate surface area is 122 Å². The molecule has 0 radical (unpaired) electrons. The number of nitrogens with one attached hydrogen (secondary N) is 1. The van der Waals surface area contributed by atoms with Crippen molar-refractivity contribution in [2.75, 3.05) is 0 Å². The number of rotatable bonds is 5. The SMILES string of the molecule is Cc1cnc(C(C)NCc2nnc(-c3ccccc3)o2)o1. The first-order valence-corrected chi connectivity index (χ1v) is 6.76. The van der Waals surface area contributed by atoms with Crippen LogP contribution >= 0.6 is 0 Å². The second-order valence-electron chi connectivity index (χ2n) is 4.78. The predicted octanol–water partition coefficient (Wildman–Crippen LogP) is 2.88. The summed E-state index contributed by atoms with van der Waals surface area (Å²) in [5.41, 5.74) is 0.910. The number of benzene rings is 1. The Kier molecular flexibility index (Phi) is 3.79. The van der Waals surface area contributed by atoms with E-state index in [1.54, 1.807) is 6.20 Å². The molecule has 1 N–H and O–H groups in total. The lowest BCUT2D eigenvalue weighted by molar-refractivity contribution is 0.384. The summed E-state index contributed by atoms with van der Waals surface area (Å²) in [7, 11) is 0. The summed E-state index contributed by atoms with van der Waals surface area (Å²) >= 11 is 0. The highest BCUT2D eigenvalue weighted by molar-refractivity contribution is 5.51. The molecule has 108 valence electrons. The van der Waals surface area contributed by atoms with E-state index >= 15 is 0 Å². The van der Waals surface area contributed by atoms with Gasteiger partial charge in [-0.3, -0.25) is 5.32 Å². The first-order valence-electron chi connectivity index (χ1n) is 6.76. The van der Waals surface area contributed by atoms with Crippen molar-refractivity contribution in [2.45, 2.75) is 26.4 Å². The molecular formula is C15H16N4O2. The zero-order valence-electron chi connectivity index (χ0n) is 11.9. The number of hydrogen-bond acceptors (Lipinski definition) is 6. The van der Waals surface area contributed by atoms with Gasteiger partial charge < -0.3 is 8.83 Å². The van der Waals surface area contributed by atoms with Crippen LogP contribution in [0.1, 0.15) is 30.5 Å². The zero-order chi connectivity index (χ0) is 14.7. The highest BCUT2D eigenvalue weighted by Crippen LogP contribution is 2.17. The molecule has 21 heavy (non-hydrogen) atoms. The molecule has 3 rings (SSSR count). The average molecular weight is 284 g/mol.